The Hall–Kier alpha value is -2.19. The van der Waals surface area contributed by atoms with E-state index in [0.717, 1.165) is 16.9 Å². The molecular weight excluding hydrogens is 355 g/mol. The minimum absolute atomic E-state index is 0.0188. The minimum atomic E-state index is -2.34. The van der Waals surface area contributed by atoms with Crippen LogP contribution in [0.25, 0.3) is 5.52 Å². The lowest BCUT2D eigenvalue weighted by molar-refractivity contribution is -0.210. The molecule has 1 unspecified atom stereocenters. The zero-order valence-electron chi connectivity index (χ0n) is 14.5. The zero-order valence-corrected chi connectivity index (χ0v) is 14.5. The summed E-state index contributed by atoms with van der Waals surface area (Å²) < 4.78 is 33.0. The molecule has 27 heavy (non-hydrogen) atoms. The molecule has 9 nitrogen and oxygen atoms in total. The van der Waals surface area contributed by atoms with Crippen LogP contribution in [0.2, 0.25) is 0 Å². The average molecular weight is 369 g/mol. The predicted molar refractivity (Wildman–Crippen MR) is 89.8 cm³/mol. The number of nitrogen functional groups attached to an aromatic ring is 1. The molecule has 4 radical (unpaired) electrons. The number of aliphatic hydroxyl groups is 1. The van der Waals surface area contributed by atoms with Crippen LogP contribution < -0.4 is 5.73 Å². The second-order valence-electron chi connectivity index (χ2n) is 7.08. The van der Waals surface area contributed by atoms with Gasteiger partial charge in [-0.15, -0.1) is 0 Å². The average Bonchev–Trinajstić information content (AvgIpc) is 3.15. The number of ether oxygens (including phenoxy) is 3. The van der Waals surface area contributed by atoms with Crippen molar-refractivity contribution < 1.29 is 23.7 Å². The Morgan fingerprint density at radius 2 is 2.11 bits per heavy atom. The van der Waals surface area contributed by atoms with Gasteiger partial charge in [-0.25, -0.2) is 13.9 Å². The number of nitrogens with two attached hydrogens (primary N) is 1. The second kappa shape index (κ2) is 5.42. The van der Waals surface area contributed by atoms with Gasteiger partial charge in [0.05, 0.1) is 5.69 Å². The molecule has 4 rings (SSSR count). The Morgan fingerprint density at radius 1 is 1.41 bits per heavy atom. The number of nitrogens with zero attached hydrogens (tertiary/aromatic N) is 4. The van der Waals surface area contributed by atoms with E-state index in [-0.39, 0.29) is 17.0 Å². The van der Waals surface area contributed by atoms with Crippen LogP contribution in [-0.4, -0.2) is 64.9 Å². The summed E-state index contributed by atoms with van der Waals surface area (Å²) in [7, 11) is 11.2. The van der Waals surface area contributed by atoms with Crippen LogP contribution in [-0.2, 0) is 19.8 Å². The van der Waals surface area contributed by atoms with Gasteiger partial charge < -0.3 is 25.1 Å². The molecule has 4 atom stereocenters. The highest BCUT2D eigenvalue weighted by Crippen LogP contribution is 2.50. The maximum absolute atomic E-state index is 14.5. The Balaban J connectivity index is 1.95. The van der Waals surface area contributed by atoms with Gasteiger partial charge in [0.1, 0.15) is 51.9 Å². The fourth-order valence-electron chi connectivity index (χ4n) is 3.66. The van der Waals surface area contributed by atoms with Gasteiger partial charge in [-0.3, -0.25) is 0 Å². The van der Waals surface area contributed by atoms with E-state index in [1.807, 2.05) is 6.07 Å². The summed E-state index contributed by atoms with van der Waals surface area (Å²) in [6, 6.07) is 3.04. The summed E-state index contributed by atoms with van der Waals surface area (Å²) in [5.74, 6) is -1.99. The van der Waals surface area contributed by atoms with Crippen LogP contribution >= 0.6 is 0 Å². The van der Waals surface area contributed by atoms with Crippen molar-refractivity contribution in [2.45, 2.75) is 48.9 Å². The van der Waals surface area contributed by atoms with E-state index in [9.17, 15) is 14.8 Å². The van der Waals surface area contributed by atoms with Crippen molar-refractivity contribution in [3.8, 4) is 6.07 Å². The normalized spacial score (nSPS) is 32.5. The number of halogens is 1. The number of rotatable bonds is 2. The molecule has 2 aromatic heterocycles. The van der Waals surface area contributed by atoms with E-state index >= 15 is 0 Å². The third kappa shape index (κ3) is 2.46. The quantitative estimate of drug-likeness (QED) is 0.651. The second-order valence-corrected chi connectivity index (χ2v) is 7.08. The highest BCUT2D eigenvalue weighted by molar-refractivity contribution is 6.39. The number of hydrogen-bond acceptors (Lipinski definition) is 8. The fraction of sp³-hybridized carbons (Fsp3) is 0.533. The molecule has 2 aromatic rings. The first-order valence-corrected chi connectivity index (χ1v) is 8.03. The smallest absolute Gasteiger partial charge is 0.226 e. The summed E-state index contributed by atoms with van der Waals surface area (Å²) in [6.45, 7) is 3.24. The standard InChI is InChI=1S/C15H14B2FN5O4/c1-13(2)25-9-10(26-13)14(4-19,27-11(9)15(16,17)24)7-3-6(18)8-12(20)21-5-22-23(7)8/h3,5,9-11,24H,1-2H3,(H2,20,21,22)/t9-,10+,11?,14-/m0/s1. The number of aromatic nitrogens is 3. The van der Waals surface area contributed by atoms with Crippen molar-refractivity contribution in [3.05, 3.63) is 23.9 Å². The summed E-state index contributed by atoms with van der Waals surface area (Å²) in [6.07, 6.45) is -2.29. The molecule has 0 bridgehead atoms. The van der Waals surface area contributed by atoms with E-state index in [2.05, 4.69) is 10.1 Å². The molecule has 3 N–H and O–H groups in total. The van der Waals surface area contributed by atoms with Crippen molar-refractivity contribution in [1.29, 1.82) is 5.26 Å². The van der Waals surface area contributed by atoms with Crippen molar-refractivity contribution >= 4 is 27.0 Å². The molecule has 136 valence electrons. The zero-order chi connectivity index (χ0) is 19.8. The Labute approximate surface area is 156 Å². The third-order valence-corrected chi connectivity index (χ3v) is 4.68. The van der Waals surface area contributed by atoms with E-state index in [1.165, 1.54) is 0 Å². The van der Waals surface area contributed by atoms with Gasteiger partial charge in [-0.2, -0.15) is 10.4 Å². The molecule has 0 amide bonds. The van der Waals surface area contributed by atoms with E-state index in [4.69, 9.17) is 35.6 Å². The van der Waals surface area contributed by atoms with E-state index in [0.29, 0.717) is 0 Å². The molecule has 0 aromatic carbocycles. The van der Waals surface area contributed by atoms with Gasteiger partial charge in [0.2, 0.25) is 5.60 Å². The first-order valence-electron chi connectivity index (χ1n) is 8.03. The third-order valence-electron chi connectivity index (χ3n) is 4.68. The Bertz CT molecular complexity index is 971. The largest absolute Gasteiger partial charge is 0.406 e. The first-order chi connectivity index (χ1) is 12.5. The van der Waals surface area contributed by atoms with Gasteiger partial charge in [0.25, 0.3) is 0 Å². The molecule has 2 aliphatic heterocycles. The van der Waals surface area contributed by atoms with Crippen LogP contribution in [0.1, 0.15) is 19.5 Å². The molecule has 0 spiro atoms. The minimum Gasteiger partial charge on any atom is -0.406 e. The van der Waals surface area contributed by atoms with Gasteiger partial charge in [-0.05, 0) is 13.8 Å². The first kappa shape index (κ1) is 18.2. The van der Waals surface area contributed by atoms with Crippen LogP contribution in [0.15, 0.2) is 12.4 Å². The molecule has 2 aliphatic rings. The number of hydrogen-bond donors (Lipinski definition) is 2. The Morgan fingerprint density at radius 3 is 2.74 bits per heavy atom. The van der Waals surface area contributed by atoms with Gasteiger partial charge >= 0.3 is 0 Å². The summed E-state index contributed by atoms with van der Waals surface area (Å²) >= 11 is 0. The molecule has 2 fully saturated rings. The van der Waals surface area contributed by atoms with Gasteiger partial charge in [0, 0.05) is 11.5 Å². The predicted octanol–water partition coefficient (Wildman–Crippen LogP) is -0.929. The maximum Gasteiger partial charge on any atom is 0.226 e. The van der Waals surface area contributed by atoms with Crippen molar-refractivity contribution in [2.24, 2.45) is 0 Å². The number of nitriles is 1. The van der Waals surface area contributed by atoms with Crippen molar-refractivity contribution in [2.75, 3.05) is 5.73 Å². The highest BCUT2D eigenvalue weighted by atomic mass is 19.1. The molecule has 0 aliphatic carbocycles. The van der Waals surface area contributed by atoms with E-state index in [1.54, 1.807) is 13.8 Å². The summed E-state index contributed by atoms with van der Waals surface area (Å²) in [5.41, 5.74) is 3.66. The summed E-state index contributed by atoms with van der Waals surface area (Å²) in [5, 5.41) is 21.8. The van der Waals surface area contributed by atoms with Crippen molar-refractivity contribution in [3.63, 3.8) is 0 Å². The SMILES string of the molecule is [B]C([B])(O)C1O[C@@](C#N)(c2cc(F)c3c(N)ncnn23)[C@@H]2OC(C)(C)O[C@H]12. The van der Waals surface area contributed by atoms with Crippen LogP contribution in [0, 0.1) is 17.1 Å². The van der Waals surface area contributed by atoms with Crippen LogP contribution in [0.4, 0.5) is 10.2 Å². The summed E-state index contributed by atoms with van der Waals surface area (Å²) in [4.78, 5) is 3.75. The maximum atomic E-state index is 14.5. The lowest BCUT2D eigenvalue weighted by Gasteiger charge is -2.33. The lowest BCUT2D eigenvalue weighted by atomic mass is 9.61. The lowest BCUT2D eigenvalue weighted by Crippen LogP contribution is -2.50. The molecule has 0 saturated carbocycles. The van der Waals surface area contributed by atoms with Crippen LogP contribution in [0.3, 0.4) is 0 Å². The molecule has 2 saturated heterocycles. The molecule has 4 heterocycles. The van der Waals surface area contributed by atoms with Crippen LogP contribution in [0.5, 0.6) is 0 Å². The topological polar surface area (TPSA) is 128 Å². The number of anilines is 1. The van der Waals surface area contributed by atoms with Gasteiger partial charge in [0.15, 0.2) is 17.4 Å². The molecule has 12 heteroatoms. The highest BCUT2D eigenvalue weighted by Gasteiger charge is 2.67. The Kier molecular flexibility index (Phi) is 3.65. The van der Waals surface area contributed by atoms with E-state index < -0.39 is 40.9 Å². The number of fused-ring (bicyclic) bond motifs is 2. The fourth-order valence-corrected chi connectivity index (χ4v) is 3.66. The van der Waals surface area contributed by atoms with Gasteiger partial charge in [-0.1, -0.05) is 0 Å². The molecular formula is C15H14B2FN5O4. The van der Waals surface area contributed by atoms with Crippen molar-refractivity contribution in [1.82, 2.24) is 14.6 Å². The monoisotopic (exact) mass is 369 g/mol.